The molecule has 4 nitrogen and oxygen atoms in total. The minimum atomic E-state index is -0.0633. The fourth-order valence-corrected chi connectivity index (χ4v) is 1.22. The van der Waals surface area contributed by atoms with E-state index in [0.29, 0.717) is 5.69 Å². The van der Waals surface area contributed by atoms with Crippen LogP contribution in [0.4, 0.5) is 5.95 Å². The van der Waals surface area contributed by atoms with Crippen molar-refractivity contribution in [1.82, 2.24) is 9.97 Å². The van der Waals surface area contributed by atoms with Crippen molar-refractivity contribution in [3.8, 4) is 0 Å². The van der Waals surface area contributed by atoms with Crippen molar-refractivity contribution >= 4 is 22.8 Å². The van der Waals surface area contributed by atoms with E-state index in [1.54, 1.807) is 6.07 Å². The lowest BCUT2D eigenvalue weighted by molar-refractivity contribution is 0.108. The van der Waals surface area contributed by atoms with Crippen molar-refractivity contribution < 1.29 is 4.79 Å². The van der Waals surface area contributed by atoms with Crippen molar-refractivity contribution in [3.05, 3.63) is 18.0 Å². The zero-order valence-electron chi connectivity index (χ0n) is 6.65. The number of hydrogen-bond acceptors (Lipinski definition) is 5. The summed E-state index contributed by atoms with van der Waals surface area (Å²) in [6, 6.07) is 1.56. The molecule has 1 rings (SSSR count). The van der Waals surface area contributed by atoms with Gasteiger partial charge >= 0.3 is 0 Å². The van der Waals surface area contributed by atoms with Crippen molar-refractivity contribution in [2.24, 2.45) is 0 Å². The van der Waals surface area contributed by atoms with Gasteiger partial charge in [-0.3, -0.25) is 4.79 Å². The molecule has 12 heavy (non-hydrogen) atoms. The molecule has 0 bridgehead atoms. The van der Waals surface area contributed by atoms with Gasteiger partial charge in [0.25, 0.3) is 0 Å². The molecule has 0 saturated carbocycles. The van der Waals surface area contributed by atoms with Crippen LogP contribution in [0.15, 0.2) is 12.3 Å². The average Bonchev–Trinajstić information content (AvgIpc) is 2.05. The molecule has 5 heteroatoms. The van der Waals surface area contributed by atoms with E-state index >= 15 is 0 Å². The molecule has 0 aromatic carbocycles. The van der Waals surface area contributed by atoms with E-state index in [2.05, 4.69) is 9.97 Å². The molecule has 2 N–H and O–H groups in total. The van der Waals surface area contributed by atoms with Gasteiger partial charge in [0.1, 0.15) is 5.69 Å². The molecule has 1 aromatic heterocycles. The highest BCUT2D eigenvalue weighted by atomic mass is 32.2. The highest BCUT2D eigenvalue weighted by Crippen LogP contribution is 2.09. The number of nitrogen functional groups attached to an aromatic ring is 1. The van der Waals surface area contributed by atoms with Crippen LogP contribution in [0.2, 0.25) is 0 Å². The minimum Gasteiger partial charge on any atom is -0.368 e. The third kappa shape index (κ3) is 2.20. The Kier molecular flexibility index (Phi) is 3.04. The first-order valence-corrected chi connectivity index (χ1v) is 4.48. The molecular formula is C7H9N3OS. The molecule has 0 aliphatic rings. The molecule has 0 atom stereocenters. The summed E-state index contributed by atoms with van der Waals surface area (Å²) in [6.07, 6.45) is 1.48. The van der Waals surface area contributed by atoms with Crippen molar-refractivity contribution in [2.75, 3.05) is 11.5 Å². The van der Waals surface area contributed by atoms with Crippen LogP contribution < -0.4 is 5.73 Å². The monoisotopic (exact) mass is 183 g/mol. The van der Waals surface area contributed by atoms with Crippen LogP contribution in [-0.4, -0.2) is 20.8 Å². The Bertz CT molecular complexity index is 290. The Labute approximate surface area is 74.6 Å². The molecule has 0 aliphatic carbocycles. The highest BCUT2D eigenvalue weighted by Gasteiger charge is 2.06. The average molecular weight is 183 g/mol. The number of rotatable bonds is 2. The van der Waals surface area contributed by atoms with E-state index in [1.807, 2.05) is 6.92 Å². The summed E-state index contributed by atoms with van der Waals surface area (Å²) in [5, 5.41) is -0.0633. The number of aromatic nitrogens is 2. The predicted molar refractivity (Wildman–Crippen MR) is 48.9 cm³/mol. The van der Waals surface area contributed by atoms with E-state index in [0.717, 1.165) is 5.75 Å². The normalized spacial score (nSPS) is 9.75. The van der Waals surface area contributed by atoms with Crippen LogP contribution in [0.3, 0.4) is 0 Å². The Hall–Kier alpha value is -1.10. The molecule has 0 unspecified atom stereocenters. The van der Waals surface area contributed by atoms with Crippen LogP contribution in [-0.2, 0) is 0 Å². The SMILES string of the molecule is CCSC(=O)c1ccnc(N)n1. The van der Waals surface area contributed by atoms with Gasteiger partial charge in [-0.1, -0.05) is 18.7 Å². The number of hydrogen-bond donors (Lipinski definition) is 1. The van der Waals surface area contributed by atoms with Gasteiger partial charge in [-0.05, 0) is 11.8 Å². The Morgan fingerprint density at radius 3 is 3.08 bits per heavy atom. The number of carbonyl (C=O) groups is 1. The number of nitrogens with zero attached hydrogens (tertiary/aromatic N) is 2. The molecule has 0 fully saturated rings. The van der Waals surface area contributed by atoms with Crippen molar-refractivity contribution in [3.63, 3.8) is 0 Å². The minimum absolute atomic E-state index is 0.0633. The van der Waals surface area contributed by atoms with E-state index in [9.17, 15) is 4.79 Å². The lowest BCUT2D eigenvalue weighted by Gasteiger charge is -1.96. The second-order valence-corrected chi connectivity index (χ2v) is 3.26. The molecule has 1 heterocycles. The molecule has 0 radical (unpaired) electrons. The largest absolute Gasteiger partial charge is 0.368 e. The summed E-state index contributed by atoms with van der Waals surface area (Å²) < 4.78 is 0. The van der Waals surface area contributed by atoms with Crippen molar-refractivity contribution in [1.29, 1.82) is 0 Å². The van der Waals surface area contributed by atoms with E-state index < -0.39 is 0 Å². The second-order valence-electron chi connectivity index (χ2n) is 2.02. The van der Waals surface area contributed by atoms with Gasteiger partial charge in [0.15, 0.2) is 0 Å². The fourth-order valence-electron chi connectivity index (χ4n) is 0.693. The zero-order chi connectivity index (χ0) is 8.97. The summed E-state index contributed by atoms with van der Waals surface area (Å²) in [6.45, 7) is 1.91. The van der Waals surface area contributed by atoms with Gasteiger partial charge in [-0.2, -0.15) is 0 Å². The number of anilines is 1. The van der Waals surface area contributed by atoms with Crippen molar-refractivity contribution in [2.45, 2.75) is 6.92 Å². The third-order valence-corrected chi connectivity index (χ3v) is 1.92. The molecule has 64 valence electrons. The Morgan fingerprint density at radius 1 is 1.75 bits per heavy atom. The molecule has 0 spiro atoms. The number of nitrogens with two attached hydrogens (primary N) is 1. The second kappa shape index (κ2) is 4.06. The summed E-state index contributed by atoms with van der Waals surface area (Å²) in [7, 11) is 0. The highest BCUT2D eigenvalue weighted by molar-refractivity contribution is 8.14. The van der Waals surface area contributed by atoms with Crippen LogP contribution in [0.25, 0.3) is 0 Å². The molecule has 0 saturated heterocycles. The van der Waals surface area contributed by atoms with Crippen LogP contribution in [0.1, 0.15) is 17.4 Å². The first-order valence-electron chi connectivity index (χ1n) is 3.49. The standard InChI is InChI=1S/C7H9N3OS/c1-2-12-6(11)5-3-4-9-7(8)10-5/h3-4H,2H2,1H3,(H2,8,9,10). The number of carbonyl (C=O) groups excluding carboxylic acids is 1. The van der Waals surface area contributed by atoms with Gasteiger partial charge in [-0.15, -0.1) is 0 Å². The van der Waals surface area contributed by atoms with Gasteiger partial charge in [-0.25, -0.2) is 9.97 Å². The molecule has 1 aromatic rings. The van der Waals surface area contributed by atoms with Crippen LogP contribution in [0, 0.1) is 0 Å². The summed E-state index contributed by atoms with van der Waals surface area (Å²) in [5.41, 5.74) is 5.68. The van der Waals surface area contributed by atoms with E-state index in [1.165, 1.54) is 18.0 Å². The summed E-state index contributed by atoms with van der Waals surface area (Å²) >= 11 is 1.21. The van der Waals surface area contributed by atoms with Crippen LogP contribution >= 0.6 is 11.8 Å². The first-order chi connectivity index (χ1) is 5.74. The zero-order valence-corrected chi connectivity index (χ0v) is 7.47. The maximum absolute atomic E-state index is 11.2. The lowest BCUT2D eigenvalue weighted by atomic mass is 10.4. The first kappa shape index (κ1) is 8.99. The smallest absolute Gasteiger partial charge is 0.237 e. The van der Waals surface area contributed by atoms with Gasteiger partial charge in [0.05, 0.1) is 0 Å². The lowest BCUT2D eigenvalue weighted by Crippen LogP contribution is -2.02. The maximum Gasteiger partial charge on any atom is 0.237 e. The van der Waals surface area contributed by atoms with Gasteiger partial charge < -0.3 is 5.73 Å². The quantitative estimate of drug-likeness (QED) is 0.739. The fraction of sp³-hybridized carbons (Fsp3) is 0.286. The van der Waals surface area contributed by atoms with Gasteiger partial charge in [0, 0.05) is 6.20 Å². The van der Waals surface area contributed by atoms with E-state index in [-0.39, 0.29) is 11.1 Å². The molecule has 0 aliphatic heterocycles. The Morgan fingerprint density at radius 2 is 2.50 bits per heavy atom. The molecular weight excluding hydrogens is 174 g/mol. The Balaban J connectivity index is 2.81. The summed E-state index contributed by atoms with van der Waals surface area (Å²) in [5.74, 6) is 0.875. The van der Waals surface area contributed by atoms with Crippen LogP contribution in [0.5, 0.6) is 0 Å². The number of thioether (sulfide) groups is 1. The third-order valence-electron chi connectivity index (χ3n) is 1.16. The topological polar surface area (TPSA) is 68.9 Å². The molecule has 0 amide bonds. The predicted octanol–water partition coefficient (Wildman–Crippen LogP) is 0.952. The maximum atomic E-state index is 11.2. The summed E-state index contributed by atoms with van der Waals surface area (Å²) in [4.78, 5) is 18.7. The van der Waals surface area contributed by atoms with E-state index in [4.69, 9.17) is 5.73 Å². The van der Waals surface area contributed by atoms with Gasteiger partial charge in [0.2, 0.25) is 11.1 Å².